The SMILES string of the molecule is O=c1c2sccc2[nH]c2c(Cl)nnc(NCCN3CCCCC3)c12. The highest BCUT2D eigenvalue weighted by Gasteiger charge is 2.16. The number of hydrogen-bond donors (Lipinski definition) is 2. The lowest BCUT2D eigenvalue weighted by Crippen LogP contribution is -2.34. The van der Waals surface area contributed by atoms with E-state index in [-0.39, 0.29) is 10.6 Å². The van der Waals surface area contributed by atoms with Crippen molar-refractivity contribution in [3.63, 3.8) is 0 Å². The number of nitrogens with one attached hydrogen (secondary N) is 2. The first kappa shape index (κ1) is 15.8. The topological polar surface area (TPSA) is 73.9 Å². The molecule has 4 heterocycles. The second-order valence-corrected chi connectivity index (χ2v) is 7.31. The Morgan fingerprint density at radius 1 is 1.29 bits per heavy atom. The maximum Gasteiger partial charge on any atom is 0.211 e. The molecule has 126 valence electrons. The summed E-state index contributed by atoms with van der Waals surface area (Å²) in [6, 6.07) is 1.88. The molecule has 0 aromatic carbocycles. The van der Waals surface area contributed by atoms with E-state index < -0.39 is 0 Å². The Kier molecular flexibility index (Phi) is 4.39. The van der Waals surface area contributed by atoms with E-state index in [1.807, 2.05) is 11.4 Å². The molecule has 0 radical (unpaired) electrons. The highest BCUT2D eigenvalue weighted by Crippen LogP contribution is 2.26. The number of piperidine rings is 1. The molecule has 0 aliphatic carbocycles. The molecule has 2 N–H and O–H groups in total. The van der Waals surface area contributed by atoms with Crippen molar-refractivity contribution < 1.29 is 0 Å². The molecule has 24 heavy (non-hydrogen) atoms. The molecule has 1 aliphatic heterocycles. The van der Waals surface area contributed by atoms with Gasteiger partial charge in [-0.2, -0.15) is 0 Å². The van der Waals surface area contributed by atoms with Gasteiger partial charge in [0.2, 0.25) is 5.43 Å². The molecule has 1 fully saturated rings. The molecule has 1 saturated heterocycles. The zero-order chi connectivity index (χ0) is 16.5. The van der Waals surface area contributed by atoms with Gasteiger partial charge in [-0.25, -0.2) is 0 Å². The second-order valence-electron chi connectivity index (χ2n) is 6.04. The van der Waals surface area contributed by atoms with Gasteiger partial charge in [-0.3, -0.25) is 4.79 Å². The van der Waals surface area contributed by atoms with Gasteiger partial charge in [0, 0.05) is 13.1 Å². The number of aromatic amines is 1. The van der Waals surface area contributed by atoms with Gasteiger partial charge >= 0.3 is 0 Å². The highest BCUT2D eigenvalue weighted by molar-refractivity contribution is 7.17. The number of rotatable bonds is 4. The van der Waals surface area contributed by atoms with Gasteiger partial charge < -0.3 is 15.2 Å². The number of likely N-dealkylation sites (tertiary alicyclic amines) is 1. The summed E-state index contributed by atoms with van der Waals surface area (Å²) in [4.78, 5) is 18.4. The van der Waals surface area contributed by atoms with E-state index in [0.29, 0.717) is 21.4 Å². The smallest absolute Gasteiger partial charge is 0.211 e. The number of pyridine rings is 1. The molecular formula is C16H18ClN5OS. The Morgan fingerprint density at radius 2 is 2.12 bits per heavy atom. The molecule has 0 saturated carbocycles. The normalized spacial score (nSPS) is 16.0. The quantitative estimate of drug-likeness (QED) is 0.745. The number of halogens is 1. The largest absolute Gasteiger partial charge is 0.367 e. The van der Waals surface area contributed by atoms with Gasteiger partial charge in [0.15, 0.2) is 11.0 Å². The molecular weight excluding hydrogens is 346 g/mol. The summed E-state index contributed by atoms with van der Waals surface area (Å²) in [5.74, 6) is 0.503. The summed E-state index contributed by atoms with van der Waals surface area (Å²) in [6.07, 6.45) is 3.85. The fourth-order valence-electron chi connectivity index (χ4n) is 3.22. The Hall–Kier alpha value is -1.70. The predicted octanol–water partition coefficient (Wildman–Crippen LogP) is 3.08. The molecule has 0 spiro atoms. The number of aromatic nitrogens is 3. The summed E-state index contributed by atoms with van der Waals surface area (Å²) in [5.41, 5.74) is 1.28. The minimum atomic E-state index is -0.0500. The van der Waals surface area contributed by atoms with Crippen molar-refractivity contribution in [3.8, 4) is 0 Å². The molecule has 3 aromatic heterocycles. The van der Waals surface area contributed by atoms with Gasteiger partial charge in [0.05, 0.1) is 21.1 Å². The maximum absolute atomic E-state index is 12.8. The van der Waals surface area contributed by atoms with E-state index in [4.69, 9.17) is 11.6 Å². The zero-order valence-corrected chi connectivity index (χ0v) is 14.7. The van der Waals surface area contributed by atoms with Crippen molar-refractivity contribution in [3.05, 3.63) is 26.8 Å². The summed E-state index contributed by atoms with van der Waals surface area (Å²) >= 11 is 7.57. The summed E-state index contributed by atoms with van der Waals surface area (Å²) in [7, 11) is 0. The summed E-state index contributed by atoms with van der Waals surface area (Å²) < 4.78 is 0.686. The maximum atomic E-state index is 12.8. The lowest BCUT2D eigenvalue weighted by molar-refractivity contribution is 0.237. The molecule has 8 heteroatoms. The average molecular weight is 364 g/mol. The van der Waals surface area contributed by atoms with Crippen molar-refractivity contribution in [2.45, 2.75) is 19.3 Å². The van der Waals surface area contributed by atoms with Crippen LogP contribution in [0.5, 0.6) is 0 Å². The van der Waals surface area contributed by atoms with E-state index in [1.165, 1.54) is 30.6 Å². The van der Waals surface area contributed by atoms with Crippen LogP contribution in [-0.4, -0.2) is 46.3 Å². The van der Waals surface area contributed by atoms with E-state index >= 15 is 0 Å². The van der Waals surface area contributed by atoms with Gasteiger partial charge in [0.1, 0.15) is 0 Å². The third kappa shape index (κ3) is 2.87. The number of thiophene rings is 1. The van der Waals surface area contributed by atoms with Crippen molar-refractivity contribution in [1.29, 1.82) is 0 Å². The van der Waals surface area contributed by atoms with Crippen LogP contribution in [0.3, 0.4) is 0 Å². The lowest BCUT2D eigenvalue weighted by Gasteiger charge is -2.26. The third-order valence-electron chi connectivity index (χ3n) is 4.46. The van der Waals surface area contributed by atoms with Crippen molar-refractivity contribution >= 4 is 49.9 Å². The molecule has 1 aliphatic rings. The number of hydrogen-bond acceptors (Lipinski definition) is 6. The van der Waals surface area contributed by atoms with Crippen molar-refractivity contribution in [2.24, 2.45) is 0 Å². The lowest BCUT2D eigenvalue weighted by atomic mass is 10.1. The van der Waals surface area contributed by atoms with Crippen LogP contribution in [0.4, 0.5) is 5.82 Å². The first-order chi connectivity index (χ1) is 11.7. The van der Waals surface area contributed by atoms with Crippen LogP contribution < -0.4 is 10.7 Å². The molecule has 4 rings (SSSR count). The van der Waals surface area contributed by atoms with Gasteiger partial charge in [-0.1, -0.05) is 18.0 Å². The van der Waals surface area contributed by atoms with E-state index in [1.54, 1.807) is 0 Å². The van der Waals surface area contributed by atoms with Crippen LogP contribution in [0.25, 0.3) is 21.1 Å². The van der Waals surface area contributed by atoms with Crippen LogP contribution in [0.15, 0.2) is 16.2 Å². The summed E-state index contributed by atoms with van der Waals surface area (Å²) in [6.45, 7) is 3.95. The van der Waals surface area contributed by atoms with Crippen LogP contribution in [0.2, 0.25) is 5.15 Å². The number of fused-ring (bicyclic) bond motifs is 2. The van der Waals surface area contributed by atoms with Crippen LogP contribution in [-0.2, 0) is 0 Å². The standard InChI is InChI=1S/C16H18ClN5OS/c17-15-12-11(13(23)14-10(19-12)4-9-24-14)16(21-20-15)18-5-8-22-6-2-1-3-7-22/h4,9H,1-3,5-8H2,(H,18,21)(H,19,23). The predicted molar refractivity (Wildman–Crippen MR) is 99.3 cm³/mol. The number of anilines is 1. The fraction of sp³-hybridized carbons (Fsp3) is 0.438. The van der Waals surface area contributed by atoms with Gasteiger partial charge in [-0.15, -0.1) is 21.5 Å². The van der Waals surface area contributed by atoms with E-state index in [2.05, 4.69) is 25.4 Å². The third-order valence-corrected chi connectivity index (χ3v) is 5.64. The number of nitrogens with zero attached hydrogens (tertiary/aromatic N) is 3. The Balaban J connectivity index is 1.65. The zero-order valence-electron chi connectivity index (χ0n) is 13.1. The molecule has 3 aromatic rings. The monoisotopic (exact) mass is 363 g/mol. The van der Waals surface area contributed by atoms with Crippen LogP contribution >= 0.6 is 22.9 Å². The van der Waals surface area contributed by atoms with Crippen molar-refractivity contribution in [1.82, 2.24) is 20.1 Å². The molecule has 0 bridgehead atoms. The first-order valence-electron chi connectivity index (χ1n) is 8.15. The van der Waals surface area contributed by atoms with E-state index in [9.17, 15) is 4.79 Å². The summed E-state index contributed by atoms with van der Waals surface area (Å²) in [5, 5.41) is 14.0. The Morgan fingerprint density at radius 3 is 2.96 bits per heavy atom. The van der Waals surface area contributed by atoms with Crippen molar-refractivity contribution in [2.75, 3.05) is 31.5 Å². The Labute approximate surface area is 147 Å². The minimum Gasteiger partial charge on any atom is -0.367 e. The second kappa shape index (κ2) is 6.66. The molecule has 0 atom stereocenters. The fourth-order valence-corrected chi connectivity index (χ4v) is 4.20. The minimum absolute atomic E-state index is 0.0500. The van der Waals surface area contributed by atoms with E-state index in [0.717, 1.165) is 31.7 Å². The molecule has 0 amide bonds. The molecule has 6 nitrogen and oxygen atoms in total. The average Bonchev–Trinajstić information content (AvgIpc) is 3.07. The van der Waals surface area contributed by atoms with Gasteiger partial charge in [0.25, 0.3) is 0 Å². The highest BCUT2D eigenvalue weighted by atomic mass is 35.5. The Bertz CT molecular complexity index is 931. The number of H-pyrrole nitrogens is 1. The van der Waals surface area contributed by atoms with Crippen LogP contribution in [0.1, 0.15) is 19.3 Å². The first-order valence-corrected chi connectivity index (χ1v) is 9.41. The van der Waals surface area contributed by atoms with Gasteiger partial charge in [-0.05, 0) is 37.4 Å². The molecule has 0 unspecified atom stereocenters. The van der Waals surface area contributed by atoms with Crippen LogP contribution in [0, 0.1) is 0 Å².